The normalized spacial score (nSPS) is 10.9. The fourth-order valence-corrected chi connectivity index (χ4v) is 4.50. The first kappa shape index (κ1) is 21.8. The minimum absolute atomic E-state index is 0.681. The van der Waals surface area contributed by atoms with E-state index in [1.54, 1.807) is 0 Å². The zero-order chi connectivity index (χ0) is 23.7. The lowest BCUT2D eigenvalue weighted by molar-refractivity contribution is 1.19. The van der Waals surface area contributed by atoms with Gasteiger partial charge in [0.15, 0.2) is 0 Å². The van der Waals surface area contributed by atoms with Gasteiger partial charge >= 0.3 is 0 Å². The number of fused-ring (bicyclic) bond motifs is 1. The molecule has 3 heteroatoms. The van der Waals surface area contributed by atoms with Crippen molar-refractivity contribution in [3.05, 3.63) is 120 Å². The molecular formula is C31H23ClN2. The lowest BCUT2D eigenvalue weighted by atomic mass is 9.98. The Hall–Kier alpha value is -4.01. The summed E-state index contributed by atoms with van der Waals surface area (Å²) in [6, 6.07) is 28.7. The van der Waals surface area contributed by atoms with Gasteiger partial charge in [-0.05, 0) is 53.9 Å². The largest absolute Gasteiger partial charge is 0.253 e. The fraction of sp³-hybridized carbons (Fsp3) is 0.0323. The number of rotatable bonds is 5. The van der Waals surface area contributed by atoms with Gasteiger partial charge in [-0.2, -0.15) is 0 Å². The van der Waals surface area contributed by atoms with Gasteiger partial charge in [0.05, 0.1) is 21.9 Å². The van der Waals surface area contributed by atoms with Crippen LogP contribution in [0.15, 0.2) is 98.1 Å². The number of pyridine rings is 2. The molecule has 0 atom stereocenters. The Morgan fingerprint density at radius 3 is 2.26 bits per heavy atom. The molecule has 34 heavy (non-hydrogen) atoms. The molecule has 0 aliphatic rings. The second-order valence-electron chi connectivity index (χ2n) is 8.18. The van der Waals surface area contributed by atoms with Gasteiger partial charge in [0.1, 0.15) is 0 Å². The predicted octanol–water partition coefficient (Wildman–Crippen LogP) is 8.88. The van der Waals surface area contributed by atoms with Crippen LogP contribution in [-0.4, -0.2) is 9.97 Å². The van der Waals surface area contributed by atoms with Crippen molar-refractivity contribution in [1.29, 1.82) is 0 Å². The molecule has 3 aromatic carbocycles. The van der Waals surface area contributed by atoms with Crippen LogP contribution in [0.3, 0.4) is 0 Å². The molecule has 5 rings (SSSR count). The SMILES string of the molecule is C=Cc1ccc2nc(-c3cccc(-c4cccc(-c5ccc(C=C)c(C)n5)c4)c3Cl)ccc2c1. The molecule has 2 heterocycles. The third kappa shape index (κ3) is 4.05. The van der Waals surface area contributed by atoms with Crippen molar-refractivity contribution in [2.75, 3.05) is 0 Å². The molecule has 0 N–H and O–H groups in total. The number of aromatic nitrogens is 2. The van der Waals surface area contributed by atoms with Crippen LogP contribution in [0.2, 0.25) is 5.02 Å². The van der Waals surface area contributed by atoms with Gasteiger partial charge in [0.2, 0.25) is 0 Å². The Kier molecular flexibility index (Phi) is 5.83. The Morgan fingerprint density at radius 2 is 1.47 bits per heavy atom. The first-order valence-corrected chi connectivity index (χ1v) is 11.5. The number of nitrogens with zero attached hydrogens (tertiary/aromatic N) is 2. The number of aryl methyl sites for hydroxylation is 1. The molecule has 0 fully saturated rings. The topological polar surface area (TPSA) is 25.8 Å². The van der Waals surface area contributed by atoms with E-state index >= 15 is 0 Å². The van der Waals surface area contributed by atoms with Crippen LogP contribution in [0.5, 0.6) is 0 Å². The van der Waals surface area contributed by atoms with Gasteiger partial charge in [-0.15, -0.1) is 0 Å². The Morgan fingerprint density at radius 1 is 0.706 bits per heavy atom. The molecule has 0 aliphatic heterocycles. The average molecular weight is 459 g/mol. The molecule has 0 spiro atoms. The first-order valence-electron chi connectivity index (χ1n) is 11.1. The van der Waals surface area contributed by atoms with Crippen LogP contribution in [0.1, 0.15) is 16.8 Å². The van der Waals surface area contributed by atoms with Crippen molar-refractivity contribution in [2.45, 2.75) is 6.92 Å². The summed E-state index contributed by atoms with van der Waals surface area (Å²) in [6.45, 7) is 9.70. The maximum atomic E-state index is 6.96. The summed E-state index contributed by atoms with van der Waals surface area (Å²) in [6.07, 6.45) is 3.67. The summed E-state index contributed by atoms with van der Waals surface area (Å²) in [5, 5.41) is 1.76. The summed E-state index contributed by atoms with van der Waals surface area (Å²) in [5.74, 6) is 0. The Labute approximate surface area is 204 Å². The van der Waals surface area contributed by atoms with Gasteiger partial charge in [-0.25, -0.2) is 4.98 Å². The second kappa shape index (κ2) is 9.09. The highest BCUT2D eigenvalue weighted by molar-refractivity contribution is 6.36. The summed E-state index contributed by atoms with van der Waals surface area (Å²) in [4.78, 5) is 9.63. The van der Waals surface area contributed by atoms with Crippen molar-refractivity contribution in [3.8, 4) is 33.6 Å². The van der Waals surface area contributed by atoms with Crippen LogP contribution >= 0.6 is 11.6 Å². The minimum Gasteiger partial charge on any atom is -0.253 e. The highest BCUT2D eigenvalue weighted by Gasteiger charge is 2.13. The molecule has 0 radical (unpaired) electrons. The van der Waals surface area contributed by atoms with Crippen molar-refractivity contribution < 1.29 is 0 Å². The van der Waals surface area contributed by atoms with Crippen LogP contribution < -0.4 is 0 Å². The van der Waals surface area contributed by atoms with Gasteiger partial charge in [0, 0.05) is 27.8 Å². The molecule has 0 bridgehead atoms. The van der Waals surface area contributed by atoms with E-state index in [-0.39, 0.29) is 0 Å². The smallest absolute Gasteiger partial charge is 0.0724 e. The molecule has 5 aromatic rings. The van der Waals surface area contributed by atoms with E-state index in [9.17, 15) is 0 Å². The number of hydrogen-bond donors (Lipinski definition) is 0. The zero-order valence-electron chi connectivity index (χ0n) is 18.9. The third-order valence-corrected chi connectivity index (χ3v) is 6.45. The molecule has 2 nitrogen and oxygen atoms in total. The van der Waals surface area contributed by atoms with Crippen LogP contribution in [-0.2, 0) is 0 Å². The van der Waals surface area contributed by atoms with E-state index < -0.39 is 0 Å². The van der Waals surface area contributed by atoms with Crippen LogP contribution in [0, 0.1) is 6.92 Å². The zero-order valence-corrected chi connectivity index (χ0v) is 19.7. The van der Waals surface area contributed by atoms with E-state index in [0.717, 1.165) is 61.4 Å². The number of benzene rings is 3. The first-order chi connectivity index (χ1) is 16.6. The summed E-state index contributed by atoms with van der Waals surface area (Å²) >= 11 is 6.96. The monoisotopic (exact) mass is 458 g/mol. The molecule has 164 valence electrons. The van der Waals surface area contributed by atoms with Crippen molar-refractivity contribution in [2.24, 2.45) is 0 Å². The van der Waals surface area contributed by atoms with Crippen molar-refractivity contribution in [3.63, 3.8) is 0 Å². The minimum atomic E-state index is 0.681. The highest BCUT2D eigenvalue weighted by Crippen LogP contribution is 2.37. The molecule has 0 saturated carbocycles. The molecule has 2 aromatic heterocycles. The molecule has 0 amide bonds. The molecule has 0 aliphatic carbocycles. The van der Waals surface area contributed by atoms with Gasteiger partial charge < -0.3 is 0 Å². The van der Waals surface area contributed by atoms with E-state index in [2.05, 4.69) is 43.5 Å². The van der Waals surface area contributed by atoms with Gasteiger partial charge in [-0.3, -0.25) is 4.98 Å². The number of halogens is 1. The van der Waals surface area contributed by atoms with E-state index in [1.807, 2.05) is 73.7 Å². The standard InChI is InChI=1S/C31H23ClN2/c1-4-21-12-15-29-25(18-21)14-17-30(34-29)27-11-7-10-26(31(27)32)23-8-6-9-24(19-23)28-16-13-22(5-2)20(3)33-28/h4-19H,1-2H2,3H3. The van der Waals surface area contributed by atoms with Crippen molar-refractivity contribution in [1.82, 2.24) is 9.97 Å². The van der Waals surface area contributed by atoms with E-state index in [0.29, 0.717) is 5.02 Å². The maximum absolute atomic E-state index is 6.96. The Bertz CT molecular complexity index is 1570. The van der Waals surface area contributed by atoms with Crippen molar-refractivity contribution >= 4 is 34.7 Å². The quantitative estimate of drug-likeness (QED) is 0.263. The average Bonchev–Trinajstić information content (AvgIpc) is 2.88. The summed E-state index contributed by atoms with van der Waals surface area (Å²) in [5.41, 5.74) is 9.72. The number of hydrogen-bond acceptors (Lipinski definition) is 2. The van der Waals surface area contributed by atoms with Crippen LogP contribution in [0.25, 0.3) is 56.7 Å². The molecular weight excluding hydrogens is 436 g/mol. The van der Waals surface area contributed by atoms with Gasteiger partial charge in [-0.1, -0.05) is 91.5 Å². The van der Waals surface area contributed by atoms with E-state index in [1.165, 1.54) is 0 Å². The fourth-order valence-electron chi connectivity index (χ4n) is 4.17. The third-order valence-electron chi connectivity index (χ3n) is 6.04. The summed E-state index contributed by atoms with van der Waals surface area (Å²) < 4.78 is 0. The predicted molar refractivity (Wildman–Crippen MR) is 146 cm³/mol. The lowest BCUT2D eigenvalue weighted by Gasteiger charge is -2.12. The molecule has 0 saturated heterocycles. The second-order valence-corrected chi connectivity index (χ2v) is 8.55. The maximum Gasteiger partial charge on any atom is 0.0724 e. The lowest BCUT2D eigenvalue weighted by Crippen LogP contribution is -1.91. The van der Waals surface area contributed by atoms with Gasteiger partial charge in [0.25, 0.3) is 0 Å². The summed E-state index contributed by atoms with van der Waals surface area (Å²) in [7, 11) is 0. The molecule has 0 unspecified atom stereocenters. The van der Waals surface area contributed by atoms with E-state index in [4.69, 9.17) is 21.6 Å². The Balaban J connectivity index is 1.56. The van der Waals surface area contributed by atoms with Crippen LogP contribution in [0.4, 0.5) is 0 Å². The highest BCUT2D eigenvalue weighted by atomic mass is 35.5.